The van der Waals surface area contributed by atoms with Gasteiger partial charge < -0.3 is 5.32 Å². The topological polar surface area (TPSA) is 72.2 Å². The summed E-state index contributed by atoms with van der Waals surface area (Å²) in [5.41, 5.74) is 3.39. The van der Waals surface area contributed by atoms with Crippen LogP contribution in [0.3, 0.4) is 0 Å². The third kappa shape index (κ3) is 3.64. The number of carbonyl (C=O) groups is 1. The summed E-state index contributed by atoms with van der Waals surface area (Å²) in [5.74, 6) is 2.54. The molecule has 154 valence electrons. The van der Waals surface area contributed by atoms with E-state index in [0.717, 1.165) is 29.0 Å². The number of carbonyl (C=O) groups excluding carboxylic acids is 1. The third-order valence-corrected chi connectivity index (χ3v) is 7.33. The maximum atomic E-state index is 12.3. The molecule has 0 aliphatic heterocycles. The molecule has 4 saturated carbocycles. The van der Waals surface area contributed by atoms with Crippen LogP contribution in [0.5, 0.6) is 0 Å². The molecular weight excluding hydrogens is 376 g/mol. The highest BCUT2D eigenvalue weighted by atomic mass is 16.6. The first kappa shape index (κ1) is 19.0. The molecule has 30 heavy (non-hydrogen) atoms. The van der Waals surface area contributed by atoms with E-state index in [4.69, 9.17) is 0 Å². The van der Waals surface area contributed by atoms with Gasteiger partial charge in [-0.15, -0.1) is 0 Å². The number of hydrogen-bond donors (Lipinski definition) is 1. The highest BCUT2D eigenvalue weighted by Crippen LogP contribution is 2.60. The quantitative estimate of drug-likeness (QED) is 0.395. The van der Waals surface area contributed by atoms with Crippen molar-refractivity contribution >= 4 is 23.4 Å². The van der Waals surface area contributed by atoms with Crippen LogP contribution in [-0.2, 0) is 10.2 Å². The second-order valence-corrected chi connectivity index (χ2v) is 9.45. The molecule has 4 aliphatic carbocycles. The fourth-order valence-corrected chi connectivity index (χ4v) is 6.43. The number of nitro benzene ring substituents is 1. The van der Waals surface area contributed by atoms with E-state index < -0.39 is 4.92 Å². The van der Waals surface area contributed by atoms with Crippen LogP contribution in [0.1, 0.15) is 49.7 Å². The van der Waals surface area contributed by atoms with Gasteiger partial charge in [0.2, 0.25) is 5.91 Å². The molecule has 2 aromatic carbocycles. The van der Waals surface area contributed by atoms with Gasteiger partial charge >= 0.3 is 0 Å². The number of nitrogens with one attached hydrogen (secondary N) is 1. The molecule has 0 heterocycles. The normalized spacial score (nSPS) is 29.3. The van der Waals surface area contributed by atoms with Gasteiger partial charge in [-0.1, -0.05) is 12.1 Å². The number of nitrogens with zero attached hydrogens (tertiary/aromatic N) is 1. The predicted molar refractivity (Wildman–Crippen MR) is 117 cm³/mol. The number of hydrogen-bond acceptors (Lipinski definition) is 3. The molecule has 4 fully saturated rings. The Morgan fingerprint density at radius 1 is 0.933 bits per heavy atom. The van der Waals surface area contributed by atoms with Crippen molar-refractivity contribution in [2.75, 3.05) is 5.32 Å². The van der Waals surface area contributed by atoms with Gasteiger partial charge in [-0.05, 0) is 103 Å². The number of benzene rings is 2. The molecular formula is C25H26N2O3. The monoisotopic (exact) mass is 402 g/mol. The Bertz CT molecular complexity index is 957. The molecule has 5 heteroatoms. The molecule has 1 N–H and O–H groups in total. The van der Waals surface area contributed by atoms with Gasteiger partial charge in [0, 0.05) is 23.9 Å². The average Bonchev–Trinajstić information content (AvgIpc) is 2.72. The molecule has 0 radical (unpaired) electrons. The van der Waals surface area contributed by atoms with Gasteiger partial charge in [0.25, 0.3) is 5.69 Å². The van der Waals surface area contributed by atoms with E-state index in [1.807, 2.05) is 12.1 Å². The van der Waals surface area contributed by atoms with Crippen LogP contribution in [0.15, 0.2) is 54.6 Å². The first-order valence-electron chi connectivity index (χ1n) is 10.8. The van der Waals surface area contributed by atoms with Gasteiger partial charge in [0.15, 0.2) is 0 Å². The number of non-ortho nitro benzene ring substituents is 1. The highest BCUT2D eigenvalue weighted by molar-refractivity contribution is 6.01. The Balaban J connectivity index is 1.23. The summed E-state index contributed by atoms with van der Waals surface area (Å²) in [5, 5.41) is 13.6. The molecule has 1 amide bonds. The second kappa shape index (κ2) is 7.38. The van der Waals surface area contributed by atoms with Crippen LogP contribution in [0.2, 0.25) is 0 Å². The molecule has 0 atom stereocenters. The minimum Gasteiger partial charge on any atom is -0.323 e. The zero-order valence-electron chi connectivity index (χ0n) is 16.9. The lowest BCUT2D eigenvalue weighted by molar-refractivity contribution is -0.384. The van der Waals surface area contributed by atoms with Crippen LogP contribution >= 0.6 is 0 Å². The number of anilines is 1. The minimum absolute atomic E-state index is 0.0377. The molecule has 5 nitrogen and oxygen atoms in total. The van der Waals surface area contributed by atoms with Gasteiger partial charge in [0.1, 0.15) is 0 Å². The van der Waals surface area contributed by atoms with Crippen LogP contribution in [0, 0.1) is 27.9 Å². The largest absolute Gasteiger partial charge is 0.323 e. The zero-order valence-corrected chi connectivity index (χ0v) is 16.9. The van der Waals surface area contributed by atoms with E-state index in [1.54, 1.807) is 18.2 Å². The molecule has 4 aliphatic rings. The summed E-state index contributed by atoms with van der Waals surface area (Å²) in [6, 6.07) is 14.6. The molecule has 2 aromatic rings. The van der Waals surface area contributed by atoms with E-state index in [-0.39, 0.29) is 11.6 Å². The van der Waals surface area contributed by atoms with Crippen molar-refractivity contribution in [3.8, 4) is 0 Å². The highest BCUT2D eigenvalue weighted by Gasteiger charge is 2.51. The maximum absolute atomic E-state index is 12.3. The van der Waals surface area contributed by atoms with E-state index in [2.05, 4.69) is 17.4 Å². The summed E-state index contributed by atoms with van der Waals surface area (Å²) in [4.78, 5) is 22.5. The fourth-order valence-electron chi connectivity index (χ4n) is 6.43. The molecule has 0 unspecified atom stereocenters. The molecule has 0 spiro atoms. The zero-order chi connectivity index (χ0) is 20.7. The lowest BCUT2D eigenvalue weighted by atomic mass is 9.48. The summed E-state index contributed by atoms with van der Waals surface area (Å²) in [6.07, 6.45) is 11.4. The second-order valence-electron chi connectivity index (χ2n) is 9.45. The summed E-state index contributed by atoms with van der Waals surface area (Å²) < 4.78 is 0. The van der Waals surface area contributed by atoms with Crippen molar-refractivity contribution in [1.29, 1.82) is 0 Å². The van der Waals surface area contributed by atoms with E-state index in [1.165, 1.54) is 62.3 Å². The number of nitro groups is 1. The van der Waals surface area contributed by atoms with E-state index in [0.29, 0.717) is 5.41 Å². The Hall–Kier alpha value is -2.95. The first-order chi connectivity index (χ1) is 14.5. The van der Waals surface area contributed by atoms with Gasteiger partial charge in [0.05, 0.1) is 4.92 Å². The fraction of sp³-hybridized carbons (Fsp3) is 0.400. The van der Waals surface area contributed by atoms with Crippen LogP contribution in [0.25, 0.3) is 6.08 Å². The minimum atomic E-state index is -0.437. The third-order valence-electron chi connectivity index (χ3n) is 7.33. The number of rotatable bonds is 5. The van der Waals surface area contributed by atoms with Crippen molar-refractivity contribution in [3.63, 3.8) is 0 Å². The SMILES string of the molecule is O=C(/C=C/c1ccc([N+](=O)[O-])cc1)Nc1ccc(C23CC4CC(CC(C4)C2)C3)cc1. The van der Waals surface area contributed by atoms with Crippen LogP contribution in [-0.4, -0.2) is 10.8 Å². The number of amides is 1. The molecule has 0 saturated heterocycles. The Labute approximate surface area is 176 Å². The predicted octanol–water partition coefficient (Wildman–Crippen LogP) is 5.71. The van der Waals surface area contributed by atoms with Crippen LogP contribution in [0.4, 0.5) is 11.4 Å². The van der Waals surface area contributed by atoms with Crippen molar-refractivity contribution < 1.29 is 9.72 Å². The summed E-state index contributed by atoms with van der Waals surface area (Å²) in [7, 11) is 0. The van der Waals surface area contributed by atoms with Crippen molar-refractivity contribution in [2.45, 2.75) is 43.9 Å². The molecule has 6 rings (SSSR count). The summed E-state index contributed by atoms with van der Waals surface area (Å²) >= 11 is 0. The summed E-state index contributed by atoms with van der Waals surface area (Å²) in [6.45, 7) is 0. The Kier molecular flexibility index (Phi) is 4.69. The average molecular weight is 402 g/mol. The van der Waals surface area contributed by atoms with Crippen LogP contribution < -0.4 is 5.32 Å². The lowest BCUT2D eigenvalue weighted by Crippen LogP contribution is -2.48. The van der Waals surface area contributed by atoms with Crippen molar-refractivity contribution in [1.82, 2.24) is 0 Å². The van der Waals surface area contributed by atoms with E-state index in [9.17, 15) is 14.9 Å². The first-order valence-corrected chi connectivity index (χ1v) is 10.8. The van der Waals surface area contributed by atoms with E-state index >= 15 is 0 Å². The van der Waals surface area contributed by atoms with Crippen molar-refractivity contribution in [3.05, 3.63) is 75.8 Å². The Morgan fingerprint density at radius 3 is 2.03 bits per heavy atom. The molecule has 0 aromatic heterocycles. The lowest BCUT2D eigenvalue weighted by Gasteiger charge is -2.57. The van der Waals surface area contributed by atoms with Gasteiger partial charge in [-0.2, -0.15) is 0 Å². The maximum Gasteiger partial charge on any atom is 0.269 e. The smallest absolute Gasteiger partial charge is 0.269 e. The van der Waals surface area contributed by atoms with Gasteiger partial charge in [-0.25, -0.2) is 0 Å². The Morgan fingerprint density at radius 2 is 1.50 bits per heavy atom. The van der Waals surface area contributed by atoms with Crippen molar-refractivity contribution in [2.24, 2.45) is 17.8 Å². The molecule has 4 bridgehead atoms. The standard InChI is InChI=1S/C25H26N2O3/c28-24(10-3-17-1-8-23(9-2-17)27(29)30)26-22-6-4-21(5-7-22)25-14-18-11-19(15-25)13-20(12-18)16-25/h1-10,18-20H,11-16H2,(H,26,28)/b10-3+. The van der Waals surface area contributed by atoms with Gasteiger partial charge in [-0.3, -0.25) is 14.9 Å².